The van der Waals surface area contributed by atoms with Gasteiger partial charge >= 0.3 is 0 Å². The molecule has 2 fully saturated rings. The summed E-state index contributed by atoms with van der Waals surface area (Å²) in [5.74, 6) is 0.796. The molecule has 1 saturated carbocycles. The number of rotatable bonds is 5. The fourth-order valence-corrected chi connectivity index (χ4v) is 3.53. The molecule has 1 aliphatic heterocycles. The minimum atomic E-state index is -0.0702. The van der Waals surface area contributed by atoms with Crippen molar-refractivity contribution in [3.8, 4) is 0 Å². The molecule has 0 amide bonds. The summed E-state index contributed by atoms with van der Waals surface area (Å²) in [6.45, 7) is 8.07. The van der Waals surface area contributed by atoms with Crippen LogP contribution in [0.2, 0.25) is 0 Å². The monoisotopic (exact) mass is 268 g/mol. The van der Waals surface area contributed by atoms with Gasteiger partial charge in [0.1, 0.15) is 0 Å². The minimum absolute atomic E-state index is 0.0702. The lowest BCUT2D eigenvalue weighted by molar-refractivity contribution is 0.00720. The molecule has 1 aliphatic carbocycles. The maximum Gasteiger partial charge on any atom is 0.0695 e. The number of nitrogens with one attached hydrogen (secondary N) is 1. The summed E-state index contributed by atoms with van der Waals surface area (Å²) in [6.07, 6.45) is 8.44. The van der Waals surface area contributed by atoms with Gasteiger partial charge < -0.3 is 10.4 Å². The van der Waals surface area contributed by atoms with Crippen LogP contribution in [0.4, 0.5) is 0 Å². The number of aliphatic hydroxyl groups is 1. The van der Waals surface area contributed by atoms with E-state index in [1.54, 1.807) is 0 Å². The second-order valence-electron chi connectivity index (χ2n) is 6.87. The number of hydrogen-bond donors (Lipinski definition) is 2. The molecule has 0 aromatic heterocycles. The van der Waals surface area contributed by atoms with E-state index in [2.05, 4.69) is 24.1 Å². The van der Waals surface area contributed by atoms with Gasteiger partial charge in [-0.3, -0.25) is 4.90 Å². The third-order valence-corrected chi connectivity index (χ3v) is 4.85. The van der Waals surface area contributed by atoms with Crippen LogP contribution in [0, 0.1) is 5.92 Å². The SMILES string of the molecule is CC(C)CCNC1CCN([C@@H]2CCCC[C@H]2O)CC1. The molecule has 2 rings (SSSR count). The second-order valence-corrected chi connectivity index (χ2v) is 6.87. The second kappa shape index (κ2) is 7.61. The van der Waals surface area contributed by atoms with Gasteiger partial charge in [0, 0.05) is 25.2 Å². The summed E-state index contributed by atoms with van der Waals surface area (Å²) in [5, 5.41) is 13.8. The molecule has 2 atom stereocenters. The largest absolute Gasteiger partial charge is 0.391 e. The molecule has 3 heteroatoms. The Labute approximate surface area is 118 Å². The van der Waals surface area contributed by atoms with E-state index >= 15 is 0 Å². The van der Waals surface area contributed by atoms with Crippen molar-refractivity contribution in [2.24, 2.45) is 5.92 Å². The van der Waals surface area contributed by atoms with Crippen LogP contribution < -0.4 is 5.32 Å². The zero-order chi connectivity index (χ0) is 13.7. The Kier molecular flexibility index (Phi) is 6.11. The zero-order valence-corrected chi connectivity index (χ0v) is 12.8. The Morgan fingerprint density at radius 1 is 1.11 bits per heavy atom. The van der Waals surface area contributed by atoms with Crippen molar-refractivity contribution in [1.29, 1.82) is 0 Å². The van der Waals surface area contributed by atoms with E-state index in [1.165, 1.54) is 51.6 Å². The zero-order valence-electron chi connectivity index (χ0n) is 12.8. The van der Waals surface area contributed by atoms with Gasteiger partial charge in [-0.1, -0.05) is 26.7 Å². The number of piperidine rings is 1. The highest BCUT2D eigenvalue weighted by atomic mass is 16.3. The van der Waals surface area contributed by atoms with Crippen LogP contribution in [0.15, 0.2) is 0 Å². The molecule has 2 N–H and O–H groups in total. The van der Waals surface area contributed by atoms with Gasteiger partial charge in [0.15, 0.2) is 0 Å². The highest BCUT2D eigenvalue weighted by Gasteiger charge is 2.31. The Morgan fingerprint density at radius 3 is 2.42 bits per heavy atom. The van der Waals surface area contributed by atoms with Crippen molar-refractivity contribution in [2.75, 3.05) is 19.6 Å². The fourth-order valence-electron chi connectivity index (χ4n) is 3.53. The van der Waals surface area contributed by atoms with Crippen LogP contribution >= 0.6 is 0 Å². The Bertz CT molecular complexity index is 249. The molecule has 3 nitrogen and oxygen atoms in total. The van der Waals surface area contributed by atoms with E-state index in [-0.39, 0.29) is 6.10 Å². The summed E-state index contributed by atoms with van der Waals surface area (Å²) in [4.78, 5) is 2.55. The summed E-state index contributed by atoms with van der Waals surface area (Å²) in [6, 6.07) is 1.15. The number of hydrogen-bond acceptors (Lipinski definition) is 3. The third-order valence-electron chi connectivity index (χ3n) is 4.85. The van der Waals surface area contributed by atoms with Gasteiger partial charge in [-0.2, -0.15) is 0 Å². The number of aliphatic hydroxyl groups excluding tert-OH is 1. The van der Waals surface area contributed by atoms with Gasteiger partial charge in [0.2, 0.25) is 0 Å². The van der Waals surface area contributed by atoms with Gasteiger partial charge in [-0.05, 0) is 44.6 Å². The first kappa shape index (κ1) is 15.3. The Hall–Kier alpha value is -0.120. The van der Waals surface area contributed by atoms with E-state index in [0.29, 0.717) is 12.1 Å². The van der Waals surface area contributed by atoms with Crippen LogP contribution in [0.5, 0.6) is 0 Å². The average molecular weight is 268 g/mol. The van der Waals surface area contributed by atoms with Crippen molar-refractivity contribution in [3.63, 3.8) is 0 Å². The molecule has 19 heavy (non-hydrogen) atoms. The number of nitrogens with zero attached hydrogens (tertiary/aromatic N) is 1. The van der Waals surface area contributed by atoms with E-state index in [9.17, 15) is 5.11 Å². The number of likely N-dealkylation sites (tertiary alicyclic amines) is 1. The summed E-state index contributed by atoms with van der Waals surface area (Å²) in [7, 11) is 0. The predicted molar refractivity (Wildman–Crippen MR) is 80.3 cm³/mol. The fraction of sp³-hybridized carbons (Fsp3) is 1.00. The topological polar surface area (TPSA) is 35.5 Å². The summed E-state index contributed by atoms with van der Waals surface area (Å²) >= 11 is 0. The highest BCUT2D eigenvalue weighted by molar-refractivity contribution is 4.87. The Morgan fingerprint density at radius 2 is 1.79 bits per heavy atom. The molecule has 1 heterocycles. The molecule has 0 radical (unpaired) electrons. The lowest BCUT2D eigenvalue weighted by Gasteiger charge is -2.41. The van der Waals surface area contributed by atoms with E-state index < -0.39 is 0 Å². The van der Waals surface area contributed by atoms with Gasteiger partial charge in [0.05, 0.1) is 6.10 Å². The average Bonchev–Trinajstić information content (AvgIpc) is 2.40. The lowest BCUT2D eigenvalue weighted by atomic mass is 9.89. The molecule has 0 bridgehead atoms. The van der Waals surface area contributed by atoms with Crippen LogP contribution in [0.25, 0.3) is 0 Å². The van der Waals surface area contributed by atoms with Gasteiger partial charge in [-0.25, -0.2) is 0 Å². The minimum Gasteiger partial charge on any atom is -0.391 e. The molecule has 0 spiro atoms. The van der Waals surface area contributed by atoms with Crippen LogP contribution in [0.1, 0.15) is 58.8 Å². The maximum atomic E-state index is 10.1. The molecule has 0 unspecified atom stereocenters. The van der Waals surface area contributed by atoms with Crippen LogP contribution in [-0.4, -0.2) is 47.8 Å². The third kappa shape index (κ3) is 4.73. The van der Waals surface area contributed by atoms with Crippen LogP contribution in [0.3, 0.4) is 0 Å². The van der Waals surface area contributed by atoms with E-state index in [4.69, 9.17) is 0 Å². The predicted octanol–water partition coefficient (Wildman–Crippen LogP) is 2.39. The molecule has 0 aromatic rings. The first-order chi connectivity index (χ1) is 9.16. The lowest BCUT2D eigenvalue weighted by Crippen LogP contribution is -2.51. The highest BCUT2D eigenvalue weighted by Crippen LogP contribution is 2.25. The van der Waals surface area contributed by atoms with Crippen molar-refractivity contribution >= 4 is 0 Å². The van der Waals surface area contributed by atoms with Crippen molar-refractivity contribution in [2.45, 2.75) is 77.0 Å². The van der Waals surface area contributed by atoms with Crippen molar-refractivity contribution in [1.82, 2.24) is 10.2 Å². The van der Waals surface area contributed by atoms with Crippen molar-refractivity contribution < 1.29 is 5.11 Å². The van der Waals surface area contributed by atoms with Gasteiger partial charge in [0.25, 0.3) is 0 Å². The van der Waals surface area contributed by atoms with Crippen LogP contribution in [-0.2, 0) is 0 Å². The summed E-state index contributed by atoms with van der Waals surface area (Å²) in [5.41, 5.74) is 0. The van der Waals surface area contributed by atoms with E-state index in [1.807, 2.05) is 0 Å². The van der Waals surface area contributed by atoms with E-state index in [0.717, 1.165) is 18.9 Å². The first-order valence-corrected chi connectivity index (χ1v) is 8.32. The van der Waals surface area contributed by atoms with Gasteiger partial charge in [-0.15, -0.1) is 0 Å². The quantitative estimate of drug-likeness (QED) is 0.803. The molecule has 112 valence electrons. The maximum absolute atomic E-state index is 10.1. The summed E-state index contributed by atoms with van der Waals surface area (Å²) < 4.78 is 0. The first-order valence-electron chi connectivity index (χ1n) is 8.32. The molecular formula is C16H32N2O. The molecule has 0 aromatic carbocycles. The van der Waals surface area contributed by atoms with Crippen molar-refractivity contribution in [3.05, 3.63) is 0 Å². The normalized spacial score (nSPS) is 30.9. The Balaban J connectivity index is 1.67. The standard InChI is InChI=1S/C16H32N2O/c1-13(2)7-10-17-14-8-11-18(12-9-14)15-5-3-4-6-16(15)19/h13-17,19H,3-12H2,1-2H3/t15-,16-/m1/s1. The molecule has 2 aliphatic rings. The smallest absolute Gasteiger partial charge is 0.0695 e. The molecular weight excluding hydrogens is 236 g/mol. The molecule has 1 saturated heterocycles.